The van der Waals surface area contributed by atoms with E-state index in [0.717, 1.165) is 47.6 Å². The van der Waals surface area contributed by atoms with E-state index in [1.54, 1.807) is 6.07 Å². The highest BCUT2D eigenvalue weighted by atomic mass is 16.1. The molecule has 1 aliphatic rings. The van der Waals surface area contributed by atoms with Crippen molar-refractivity contribution in [1.29, 1.82) is 0 Å². The largest absolute Gasteiger partial charge is 0.320 e. The molecule has 5 heteroatoms. The van der Waals surface area contributed by atoms with E-state index in [-0.39, 0.29) is 5.91 Å². The maximum atomic E-state index is 12.9. The topological polar surface area (TPSA) is 58.1 Å². The minimum atomic E-state index is -0.213. The number of anilines is 3. The molecule has 0 aliphatic carbocycles. The first-order valence-corrected chi connectivity index (χ1v) is 9.61. The SMILES string of the molecule is Cc1cc(C(=O)Nc2c(C)cccc2C)nc(N2CCCc3ccccc32)n1. The van der Waals surface area contributed by atoms with E-state index in [1.165, 1.54) is 5.56 Å². The molecule has 1 amide bonds. The van der Waals surface area contributed by atoms with Gasteiger partial charge in [0.2, 0.25) is 5.95 Å². The number of para-hydroxylation sites is 2. The number of fused-ring (bicyclic) bond motifs is 1. The Labute approximate surface area is 165 Å². The first kappa shape index (κ1) is 18.2. The van der Waals surface area contributed by atoms with Crippen LogP contribution in [-0.2, 0) is 6.42 Å². The van der Waals surface area contributed by atoms with Gasteiger partial charge in [0.1, 0.15) is 5.69 Å². The molecule has 0 saturated heterocycles. The van der Waals surface area contributed by atoms with E-state index < -0.39 is 0 Å². The van der Waals surface area contributed by atoms with Crippen molar-refractivity contribution in [2.24, 2.45) is 0 Å². The summed E-state index contributed by atoms with van der Waals surface area (Å²) in [6.07, 6.45) is 2.09. The summed E-state index contributed by atoms with van der Waals surface area (Å²) in [5, 5.41) is 3.02. The highest BCUT2D eigenvalue weighted by Gasteiger charge is 2.22. The van der Waals surface area contributed by atoms with Crippen LogP contribution < -0.4 is 10.2 Å². The molecule has 3 aromatic rings. The zero-order valence-corrected chi connectivity index (χ0v) is 16.5. The number of amides is 1. The molecule has 1 aromatic heterocycles. The zero-order valence-electron chi connectivity index (χ0n) is 16.5. The fourth-order valence-corrected chi connectivity index (χ4v) is 3.72. The minimum Gasteiger partial charge on any atom is -0.320 e. The Morgan fingerprint density at radius 2 is 1.75 bits per heavy atom. The summed E-state index contributed by atoms with van der Waals surface area (Å²) in [7, 11) is 0. The van der Waals surface area contributed by atoms with Crippen LogP contribution in [0.5, 0.6) is 0 Å². The fraction of sp³-hybridized carbons (Fsp3) is 0.261. The van der Waals surface area contributed by atoms with Gasteiger partial charge in [0.05, 0.1) is 0 Å². The third-order valence-electron chi connectivity index (χ3n) is 5.15. The van der Waals surface area contributed by atoms with Crippen molar-refractivity contribution in [2.45, 2.75) is 33.6 Å². The minimum absolute atomic E-state index is 0.213. The Bertz CT molecular complexity index is 1020. The van der Waals surface area contributed by atoms with Gasteiger partial charge >= 0.3 is 0 Å². The molecule has 4 rings (SSSR count). The van der Waals surface area contributed by atoms with Gasteiger partial charge in [-0.2, -0.15) is 0 Å². The monoisotopic (exact) mass is 372 g/mol. The quantitative estimate of drug-likeness (QED) is 0.721. The number of hydrogen-bond donors (Lipinski definition) is 1. The molecule has 0 radical (unpaired) electrons. The Hall–Kier alpha value is -3.21. The van der Waals surface area contributed by atoms with Crippen molar-refractivity contribution in [3.8, 4) is 0 Å². The number of nitrogens with one attached hydrogen (secondary N) is 1. The van der Waals surface area contributed by atoms with Crippen LogP contribution in [0.3, 0.4) is 0 Å². The Morgan fingerprint density at radius 1 is 1.00 bits per heavy atom. The predicted octanol–water partition coefficient (Wildman–Crippen LogP) is 4.74. The highest BCUT2D eigenvalue weighted by Crippen LogP contribution is 2.31. The Balaban J connectivity index is 1.68. The highest BCUT2D eigenvalue weighted by molar-refractivity contribution is 6.04. The number of carbonyl (C=O) groups is 1. The smallest absolute Gasteiger partial charge is 0.274 e. The Kier molecular flexibility index (Phi) is 4.82. The predicted molar refractivity (Wildman–Crippen MR) is 112 cm³/mol. The van der Waals surface area contributed by atoms with Crippen molar-refractivity contribution in [3.63, 3.8) is 0 Å². The van der Waals surface area contributed by atoms with Crippen LogP contribution in [0, 0.1) is 20.8 Å². The summed E-state index contributed by atoms with van der Waals surface area (Å²) in [6.45, 7) is 6.73. The molecular weight excluding hydrogens is 348 g/mol. The summed E-state index contributed by atoms with van der Waals surface area (Å²) in [6, 6.07) is 16.0. The lowest BCUT2D eigenvalue weighted by atomic mass is 10.0. The molecule has 0 unspecified atom stereocenters. The zero-order chi connectivity index (χ0) is 19.7. The first-order chi connectivity index (χ1) is 13.5. The van der Waals surface area contributed by atoms with Crippen LogP contribution in [0.2, 0.25) is 0 Å². The van der Waals surface area contributed by atoms with Gasteiger partial charge in [-0.3, -0.25) is 4.79 Å². The second kappa shape index (κ2) is 7.43. The van der Waals surface area contributed by atoms with Crippen LogP contribution in [0.1, 0.15) is 39.3 Å². The average Bonchev–Trinajstić information content (AvgIpc) is 2.70. The maximum absolute atomic E-state index is 12.9. The third-order valence-corrected chi connectivity index (χ3v) is 5.15. The third kappa shape index (κ3) is 3.48. The summed E-state index contributed by atoms with van der Waals surface area (Å²) < 4.78 is 0. The maximum Gasteiger partial charge on any atom is 0.274 e. The van der Waals surface area contributed by atoms with Gasteiger partial charge in [0.15, 0.2) is 0 Å². The normalized spacial score (nSPS) is 13.2. The molecular formula is C23H24N4O. The molecule has 0 atom stereocenters. The van der Waals surface area contributed by atoms with Crippen molar-refractivity contribution in [2.75, 3.05) is 16.8 Å². The Morgan fingerprint density at radius 3 is 2.54 bits per heavy atom. The van der Waals surface area contributed by atoms with E-state index in [2.05, 4.69) is 38.4 Å². The molecule has 0 spiro atoms. The first-order valence-electron chi connectivity index (χ1n) is 9.61. The number of aryl methyl sites for hydroxylation is 4. The van der Waals surface area contributed by atoms with Crippen molar-refractivity contribution in [3.05, 3.63) is 76.6 Å². The van der Waals surface area contributed by atoms with Crippen molar-refractivity contribution < 1.29 is 4.79 Å². The van der Waals surface area contributed by atoms with Crippen LogP contribution in [0.25, 0.3) is 0 Å². The second-order valence-corrected chi connectivity index (χ2v) is 7.30. The van der Waals surface area contributed by atoms with Gasteiger partial charge in [0, 0.05) is 23.6 Å². The standard InChI is InChI=1S/C23H24N4O/c1-15-8-6-9-16(2)21(15)26-22(28)19-14-17(3)24-23(25-19)27-13-7-11-18-10-4-5-12-20(18)27/h4-6,8-10,12,14H,7,11,13H2,1-3H3,(H,26,28). The van der Waals surface area contributed by atoms with E-state index in [9.17, 15) is 4.79 Å². The summed E-state index contributed by atoms with van der Waals surface area (Å²) >= 11 is 0. The molecule has 28 heavy (non-hydrogen) atoms. The lowest BCUT2D eigenvalue weighted by Gasteiger charge is -2.29. The molecule has 1 aliphatic heterocycles. The molecule has 5 nitrogen and oxygen atoms in total. The van der Waals surface area contributed by atoms with Crippen molar-refractivity contribution >= 4 is 23.2 Å². The molecule has 2 heterocycles. The van der Waals surface area contributed by atoms with Crippen molar-refractivity contribution in [1.82, 2.24) is 9.97 Å². The lowest BCUT2D eigenvalue weighted by molar-refractivity contribution is 0.102. The van der Waals surface area contributed by atoms with Gasteiger partial charge in [0.25, 0.3) is 5.91 Å². The van der Waals surface area contributed by atoms with Crippen LogP contribution in [-0.4, -0.2) is 22.4 Å². The lowest BCUT2D eigenvalue weighted by Crippen LogP contribution is -2.27. The van der Waals surface area contributed by atoms with Gasteiger partial charge in [-0.15, -0.1) is 0 Å². The summed E-state index contributed by atoms with van der Waals surface area (Å²) in [4.78, 5) is 24.3. The van der Waals surface area contributed by atoms with E-state index in [0.29, 0.717) is 11.6 Å². The number of hydrogen-bond acceptors (Lipinski definition) is 4. The number of nitrogens with zero attached hydrogens (tertiary/aromatic N) is 3. The molecule has 1 N–H and O–H groups in total. The average molecular weight is 372 g/mol. The molecule has 2 aromatic carbocycles. The molecule has 0 bridgehead atoms. The number of carbonyl (C=O) groups excluding carboxylic acids is 1. The van der Waals surface area contributed by atoms with E-state index >= 15 is 0 Å². The number of aromatic nitrogens is 2. The molecule has 0 fully saturated rings. The van der Waals surface area contributed by atoms with Gasteiger partial charge in [-0.1, -0.05) is 36.4 Å². The van der Waals surface area contributed by atoms with Gasteiger partial charge in [-0.05, 0) is 62.4 Å². The van der Waals surface area contributed by atoms with Crippen LogP contribution in [0.4, 0.5) is 17.3 Å². The fourth-order valence-electron chi connectivity index (χ4n) is 3.72. The summed E-state index contributed by atoms with van der Waals surface area (Å²) in [5.74, 6) is 0.369. The summed E-state index contributed by atoms with van der Waals surface area (Å²) in [5.41, 5.74) is 6.48. The van der Waals surface area contributed by atoms with Crippen LogP contribution in [0.15, 0.2) is 48.5 Å². The second-order valence-electron chi connectivity index (χ2n) is 7.30. The van der Waals surface area contributed by atoms with E-state index in [4.69, 9.17) is 0 Å². The van der Waals surface area contributed by atoms with Gasteiger partial charge < -0.3 is 10.2 Å². The number of rotatable bonds is 3. The van der Waals surface area contributed by atoms with E-state index in [1.807, 2.05) is 45.0 Å². The number of benzene rings is 2. The van der Waals surface area contributed by atoms with Crippen LogP contribution >= 0.6 is 0 Å². The molecule has 142 valence electrons. The van der Waals surface area contributed by atoms with Gasteiger partial charge in [-0.25, -0.2) is 9.97 Å². The molecule has 0 saturated carbocycles.